The van der Waals surface area contributed by atoms with Crippen molar-refractivity contribution < 1.29 is 4.79 Å². The molecule has 0 radical (unpaired) electrons. The number of nitrogens with zero attached hydrogens (tertiary/aromatic N) is 2. The summed E-state index contributed by atoms with van der Waals surface area (Å²) in [6.07, 6.45) is 1.46. The van der Waals surface area contributed by atoms with Gasteiger partial charge in [-0.1, -0.05) is 45.9 Å². The van der Waals surface area contributed by atoms with Gasteiger partial charge in [-0.05, 0) is 36.5 Å². The van der Waals surface area contributed by atoms with Gasteiger partial charge in [0.1, 0.15) is 0 Å². The summed E-state index contributed by atoms with van der Waals surface area (Å²) in [6.45, 7) is 8.26. The van der Waals surface area contributed by atoms with Gasteiger partial charge in [0.25, 0.3) is 11.5 Å². The highest BCUT2D eigenvalue weighted by Gasteiger charge is 2.21. The first-order chi connectivity index (χ1) is 13.9. The SMILES string of the molecule is CCCn1c(=O)[nH]c(=O)c2c(C(=O)Nc3ccccc3CC)cc(C(C)C)nc21. The predicted octanol–water partition coefficient (Wildman–Crippen LogP) is 3.43. The topological polar surface area (TPSA) is 96.9 Å². The van der Waals surface area contributed by atoms with E-state index in [1.807, 2.05) is 52.0 Å². The summed E-state index contributed by atoms with van der Waals surface area (Å²) in [4.78, 5) is 45.1. The highest BCUT2D eigenvalue weighted by molar-refractivity contribution is 6.12. The molecule has 2 heterocycles. The fourth-order valence-corrected chi connectivity index (χ4v) is 3.34. The molecular weight excluding hydrogens is 368 g/mol. The van der Waals surface area contributed by atoms with Crippen LogP contribution in [-0.2, 0) is 13.0 Å². The molecule has 1 aromatic carbocycles. The van der Waals surface area contributed by atoms with E-state index in [-0.39, 0.29) is 22.5 Å². The summed E-state index contributed by atoms with van der Waals surface area (Å²) in [5.74, 6) is -0.370. The molecule has 2 N–H and O–H groups in total. The van der Waals surface area contributed by atoms with Crippen LogP contribution in [0.2, 0.25) is 0 Å². The summed E-state index contributed by atoms with van der Waals surface area (Å²) in [6, 6.07) is 9.20. The number of aromatic nitrogens is 3. The Kier molecular flexibility index (Phi) is 5.96. The maximum absolute atomic E-state index is 13.2. The molecule has 3 aromatic rings. The Balaban J connectivity index is 2.25. The molecule has 0 spiro atoms. The number of rotatable bonds is 6. The number of hydrogen-bond acceptors (Lipinski definition) is 4. The zero-order chi connectivity index (χ0) is 21.1. The van der Waals surface area contributed by atoms with Gasteiger partial charge in [-0.15, -0.1) is 0 Å². The van der Waals surface area contributed by atoms with Crippen LogP contribution in [-0.4, -0.2) is 20.4 Å². The summed E-state index contributed by atoms with van der Waals surface area (Å²) < 4.78 is 1.43. The molecule has 0 saturated heterocycles. The lowest BCUT2D eigenvalue weighted by molar-refractivity contribution is 0.102. The maximum Gasteiger partial charge on any atom is 0.329 e. The van der Waals surface area contributed by atoms with Crippen molar-refractivity contribution in [1.82, 2.24) is 14.5 Å². The van der Waals surface area contributed by atoms with Crippen molar-refractivity contribution >= 4 is 22.6 Å². The van der Waals surface area contributed by atoms with E-state index in [4.69, 9.17) is 0 Å². The van der Waals surface area contributed by atoms with Crippen molar-refractivity contribution in [1.29, 1.82) is 0 Å². The summed E-state index contributed by atoms with van der Waals surface area (Å²) in [5, 5.41) is 3.06. The molecule has 7 heteroatoms. The standard InChI is InChI=1S/C22H26N4O3/c1-5-11-26-19-18(21(28)25-22(26)29)15(12-17(23-19)13(3)4)20(27)24-16-10-8-7-9-14(16)6-2/h7-10,12-13H,5-6,11H2,1-4H3,(H,24,27)(H,25,28,29). The molecular formula is C22H26N4O3. The molecule has 1 amide bonds. The molecule has 152 valence electrons. The highest BCUT2D eigenvalue weighted by atomic mass is 16.2. The van der Waals surface area contributed by atoms with Crippen molar-refractivity contribution in [2.24, 2.45) is 0 Å². The van der Waals surface area contributed by atoms with Gasteiger partial charge in [0.2, 0.25) is 0 Å². The molecule has 0 aliphatic carbocycles. The second kappa shape index (κ2) is 8.43. The van der Waals surface area contributed by atoms with Crippen molar-refractivity contribution in [3.8, 4) is 0 Å². The number of hydrogen-bond donors (Lipinski definition) is 2. The Bertz CT molecular complexity index is 1170. The molecule has 2 aromatic heterocycles. The van der Waals surface area contributed by atoms with E-state index in [1.54, 1.807) is 6.07 Å². The van der Waals surface area contributed by atoms with Gasteiger partial charge in [0, 0.05) is 17.9 Å². The Labute approximate surface area is 168 Å². The molecule has 0 aliphatic rings. The molecule has 0 aliphatic heterocycles. The monoisotopic (exact) mass is 394 g/mol. The number of benzene rings is 1. The van der Waals surface area contributed by atoms with Crippen molar-refractivity contribution in [3.05, 3.63) is 68.0 Å². The normalized spacial score (nSPS) is 11.2. The largest absolute Gasteiger partial charge is 0.329 e. The van der Waals surface area contributed by atoms with E-state index in [9.17, 15) is 14.4 Å². The lowest BCUT2D eigenvalue weighted by atomic mass is 10.0. The Morgan fingerprint density at radius 2 is 1.93 bits per heavy atom. The molecule has 0 fully saturated rings. The van der Waals surface area contributed by atoms with Crippen LogP contribution in [0.15, 0.2) is 39.9 Å². The minimum atomic E-state index is -0.603. The lowest BCUT2D eigenvalue weighted by Crippen LogP contribution is -2.32. The van der Waals surface area contributed by atoms with E-state index in [0.717, 1.165) is 12.0 Å². The van der Waals surface area contributed by atoms with Crippen LogP contribution in [0.3, 0.4) is 0 Å². The number of H-pyrrole nitrogens is 1. The number of nitrogens with one attached hydrogen (secondary N) is 2. The van der Waals surface area contributed by atoms with Gasteiger partial charge < -0.3 is 5.32 Å². The summed E-state index contributed by atoms with van der Waals surface area (Å²) in [7, 11) is 0. The molecule has 3 rings (SSSR count). The van der Waals surface area contributed by atoms with Crippen molar-refractivity contribution in [2.45, 2.75) is 53.0 Å². The average molecular weight is 394 g/mol. The molecule has 0 saturated carbocycles. The first-order valence-electron chi connectivity index (χ1n) is 9.94. The van der Waals surface area contributed by atoms with E-state index in [0.29, 0.717) is 24.3 Å². The first-order valence-corrected chi connectivity index (χ1v) is 9.94. The van der Waals surface area contributed by atoms with Gasteiger partial charge in [-0.2, -0.15) is 0 Å². The van der Waals surface area contributed by atoms with Crippen LogP contribution in [0, 0.1) is 0 Å². The number of carbonyl (C=O) groups excluding carboxylic acids is 1. The number of para-hydroxylation sites is 1. The highest BCUT2D eigenvalue weighted by Crippen LogP contribution is 2.22. The minimum absolute atomic E-state index is 0.0262. The van der Waals surface area contributed by atoms with Gasteiger partial charge >= 0.3 is 5.69 Å². The Morgan fingerprint density at radius 3 is 2.59 bits per heavy atom. The van der Waals surface area contributed by atoms with Gasteiger partial charge in [-0.3, -0.25) is 19.1 Å². The number of amides is 1. The lowest BCUT2D eigenvalue weighted by Gasteiger charge is -2.15. The third kappa shape index (κ3) is 3.99. The number of carbonyl (C=O) groups is 1. The van der Waals surface area contributed by atoms with Crippen LogP contribution in [0.1, 0.15) is 61.6 Å². The smallest absolute Gasteiger partial charge is 0.322 e. The number of anilines is 1. The summed E-state index contributed by atoms with van der Waals surface area (Å²) in [5.41, 5.74) is 1.71. The zero-order valence-electron chi connectivity index (χ0n) is 17.2. The molecule has 0 unspecified atom stereocenters. The van der Waals surface area contributed by atoms with E-state index < -0.39 is 17.2 Å². The molecule has 29 heavy (non-hydrogen) atoms. The van der Waals surface area contributed by atoms with Crippen LogP contribution in [0.25, 0.3) is 11.0 Å². The van der Waals surface area contributed by atoms with Crippen molar-refractivity contribution in [3.63, 3.8) is 0 Å². The van der Waals surface area contributed by atoms with Crippen molar-refractivity contribution in [2.75, 3.05) is 5.32 Å². The number of aryl methyl sites for hydroxylation is 2. The minimum Gasteiger partial charge on any atom is -0.322 e. The maximum atomic E-state index is 13.2. The quantitative estimate of drug-likeness (QED) is 0.669. The van der Waals surface area contributed by atoms with Gasteiger partial charge in [-0.25, -0.2) is 9.78 Å². The second-order valence-corrected chi connectivity index (χ2v) is 7.32. The van der Waals surface area contributed by atoms with Crippen LogP contribution < -0.4 is 16.6 Å². The van der Waals surface area contributed by atoms with Crippen LogP contribution >= 0.6 is 0 Å². The molecule has 0 bridgehead atoms. The predicted molar refractivity (Wildman–Crippen MR) is 115 cm³/mol. The van der Waals surface area contributed by atoms with E-state index in [1.165, 1.54) is 4.57 Å². The zero-order valence-corrected chi connectivity index (χ0v) is 17.2. The van der Waals surface area contributed by atoms with Gasteiger partial charge in [0.15, 0.2) is 5.65 Å². The Morgan fingerprint density at radius 1 is 1.21 bits per heavy atom. The number of aromatic amines is 1. The average Bonchev–Trinajstić information content (AvgIpc) is 2.70. The van der Waals surface area contributed by atoms with Crippen LogP contribution in [0.5, 0.6) is 0 Å². The van der Waals surface area contributed by atoms with Gasteiger partial charge in [0.05, 0.1) is 10.9 Å². The number of fused-ring (bicyclic) bond motifs is 1. The van der Waals surface area contributed by atoms with E-state index >= 15 is 0 Å². The second-order valence-electron chi connectivity index (χ2n) is 7.32. The first kappa shape index (κ1) is 20.5. The summed E-state index contributed by atoms with van der Waals surface area (Å²) >= 11 is 0. The Hall–Kier alpha value is -3.22. The van der Waals surface area contributed by atoms with Crippen LogP contribution in [0.4, 0.5) is 5.69 Å². The third-order valence-electron chi connectivity index (χ3n) is 4.90. The third-order valence-corrected chi connectivity index (χ3v) is 4.90. The molecule has 7 nitrogen and oxygen atoms in total. The fraction of sp³-hybridized carbons (Fsp3) is 0.364. The molecule has 0 atom stereocenters. The number of pyridine rings is 1. The van der Waals surface area contributed by atoms with E-state index in [2.05, 4.69) is 15.3 Å². The fourth-order valence-electron chi connectivity index (χ4n) is 3.34.